The number of nitrogens with two attached hydrogens (primary N) is 2. The van der Waals surface area contributed by atoms with E-state index in [4.69, 9.17) is 23.1 Å². The third-order valence-corrected chi connectivity index (χ3v) is 8.67. The van der Waals surface area contributed by atoms with Crippen molar-refractivity contribution in [2.75, 3.05) is 12.4 Å². The van der Waals surface area contributed by atoms with Gasteiger partial charge in [0.15, 0.2) is 0 Å². The number of halogens is 1. The van der Waals surface area contributed by atoms with Crippen molar-refractivity contribution in [1.29, 1.82) is 0 Å². The molecule has 10 N–H and O–H groups in total. The lowest BCUT2D eigenvalue weighted by atomic mass is 9.80. The number of hydrogen-bond donors (Lipinski definition) is 8. The Kier molecular flexibility index (Phi) is 14.6. The second-order valence-corrected chi connectivity index (χ2v) is 12.4. The molecule has 0 spiro atoms. The zero-order valence-corrected chi connectivity index (χ0v) is 27.9. The van der Waals surface area contributed by atoms with Crippen molar-refractivity contribution in [2.45, 2.75) is 87.9 Å². The topological polar surface area (TPSA) is 252 Å². The Morgan fingerprint density at radius 1 is 0.816 bits per heavy atom. The number of hydrogen-bond acceptors (Lipinski definition) is 7. The summed E-state index contributed by atoms with van der Waals surface area (Å²) in [6, 6.07) is 8.85. The standard InChI is InChI=1S/C33H44ClN7O8/c34-19-26(42)38-24(12-13-27(43)44)30(47)41-33(14-4-1-5-15-33)31(48)40-25(18-20-10-11-21-7-2-3-8-22(21)17-20)29(46)39-23(28(35)45)9-6-16-37-32(36)49/h2-3,7-8,10-11,17,23-25H,1,4-6,9,12-16,18-19H2,(H2,35,45)(H,38,42)(H,39,46)(H,40,48)(H,41,47)(H,43,44)(H3,36,37,49)/t23-,24-,25-/m0/s1. The molecule has 0 unspecified atom stereocenters. The fourth-order valence-corrected chi connectivity index (χ4v) is 5.92. The van der Waals surface area contributed by atoms with Crippen LogP contribution in [0.3, 0.4) is 0 Å². The average molecular weight is 702 g/mol. The maximum absolute atomic E-state index is 14.2. The number of carboxylic acids is 1. The molecule has 16 heteroatoms. The highest BCUT2D eigenvalue weighted by molar-refractivity contribution is 6.27. The monoisotopic (exact) mass is 701 g/mol. The maximum Gasteiger partial charge on any atom is 0.312 e. The number of alkyl halides is 1. The number of carbonyl (C=O) groups excluding carboxylic acids is 6. The van der Waals surface area contributed by atoms with Crippen LogP contribution in [-0.4, -0.2) is 82.7 Å². The van der Waals surface area contributed by atoms with Gasteiger partial charge in [0.25, 0.3) is 0 Å². The van der Waals surface area contributed by atoms with Crippen LogP contribution < -0.4 is 38.1 Å². The lowest BCUT2D eigenvalue weighted by molar-refractivity contribution is -0.140. The minimum Gasteiger partial charge on any atom is -0.481 e. The lowest BCUT2D eigenvalue weighted by Crippen LogP contribution is -2.65. The highest BCUT2D eigenvalue weighted by Crippen LogP contribution is 2.29. The zero-order chi connectivity index (χ0) is 36.0. The molecule has 0 radical (unpaired) electrons. The van der Waals surface area contributed by atoms with Crippen LogP contribution in [0.25, 0.3) is 10.8 Å². The van der Waals surface area contributed by atoms with Crippen molar-refractivity contribution in [3.8, 4) is 0 Å². The molecule has 1 aliphatic rings. The lowest BCUT2D eigenvalue weighted by Gasteiger charge is -2.38. The van der Waals surface area contributed by atoms with Crippen LogP contribution >= 0.6 is 11.6 Å². The first-order valence-corrected chi connectivity index (χ1v) is 16.7. The van der Waals surface area contributed by atoms with Gasteiger partial charge in [-0.05, 0) is 48.4 Å². The Morgan fingerprint density at radius 2 is 1.51 bits per heavy atom. The maximum atomic E-state index is 14.2. The van der Waals surface area contributed by atoms with E-state index in [9.17, 15) is 38.7 Å². The summed E-state index contributed by atoms with van der Waals surface area (Å²) in [5.41, 5.74) is 9.90. The van der Waals surface area contributed by atoms with Crippen LogP contribution in [0, 0.1) is 0 Å². The van der Waals surface area contributed by atoms with E-state index in [1.165, 1.54) is 0 Å². The number of carbonyl (C=O) groups is 7. The van der Waals surface area contributed by atoms with Gasteiger partial charge in [-0.3, -0.25) is 28.8 Å². The van der Waals surface area contributed by atoms with Crippen molar-refractivity contribution in [3.63, 3.8) is 0 Å². The molecule has 3 rings (SSSR count). The molecule has 0 saturated heterocycles. The quantitative estimate of drug-likeness (QED) is 0.0809. The molecule has 0 aliphatic heterocycles. The first-order valence-electron chi connectivity index (χ1n) is 16.1. The van der Waals surface area contributed by atoms with Crippen LogP contribution in [0.1, 0.15) is 63.4 Å². The van der Waals surface area contributed by atoms with Crippen molar-refractivity contribution < 1.29 is 38.7 Å². The fraction of sp³-hybridized carbons (Fsp3) is 0.485. The van der Waals surface area contributed by atoms with E-state index in [0.29, 0.717) is 18.4 Å². The van der Waals surface area contributed by atoms with Gasteiger partial charge < -0.3 is 43.2 Å². The molecule has 266 valence electrons. The second kappa shape index (κ2) is 18.6. The van der Waals surface area contributed by atoms with Gasteiger partial charge in [0.2, 0.25) is 29.5 Å². The number of fused-ring (bicyclic) bond motifs is 1. The summed E-state index contributed by atoms with van der Waals surface area (Å²) in [7, 11) is 0. The summed E-state index contributed by atoms with van der Waals surface area (Å²) in [6.45, 7) is 0.146. The van der Waals surface area contributed by atoms with Crippen LogP contribution in [0.5, 0.6) is 0 Å². The first-order chi connectivity index (χ1) is 23.3. The van der Waals surface area contributed by atoms with Crippen molar-refractivity contribution >= 4 is 63.9 Å². The number of nitrogens with one attached hydrogen (secondary N) is 5. The molecular weight excluding hydrogens is 658 g/mol. The predicted molar refractivity (Wildman–Crippen MR) is 181 cm³/mol. The largest absolute Gasteiger partial charge is 0.481 e. The van der Waals surface area contributed by atoms with E-state index in [1.54, 1.807) is 0 Å². The molecule has 0 aromatic heterocycles. The van der Waals surface area contributed by atoms with Gasteiger partial charge in [-0.15, -0.1) is 11.6 Å². The van der Waals surface area contributed by atoms with Gasteiger partial charge in [0, 0.05) is 19.4 Å². The normalized spacial score (nSPS) is 15.5. The van der Waals surface area contributed by atoms with Crippen molar-refractivity contribution in [2.24, 2.45) is 11.5 Å². The SMILES string of the molecule is NC(=O)NCCC[C@H](NC(=O)[C@H](Cc1ccc2ccccc2c1)NC(=O)C1(NC(=O)[C@H](CCC(=O)O)NC(=O)CCl)CCCCC1)C(N)=O. The number of aliphatic carboxylic acids is 1. The molecule has 0 heterocycles. The van der Waals surface area contributed by atoms with Gasteiger partial charge >= 0.3 is 12.0 Å². The molecule has 0 bridgehead atoms. The second-order valence-electron chi connectivity index (χ2n) is 12.1. The van der Waals surface area contributed by atoms with Crippen LogP contribution in [0.4, 0.5) is 4.79 Å². The number of rotatable bonds is 18. The smallest absolute Gasteiger partial charge is 0.312 e. The van der Waals surface area contributed by atoms with E-state index in [0.717, 1.165) is 17.2 Å². The minimum atomic E-state index is -1.48. The number of carboxylic acid groups (broad SMARTS) is 1. The van der Waals surface area contributed by atoms with Gasteiger partial charge in [-0.1, -0.05) is 61.7 Å². The molecule has 1 fully saturated rings. The summed E-state index contributed by atoms with van der Waals surface area (Å²) < 4.78 is 0. The summed E-state index contributed by atoms with van der Waals surface area (Å²) >= 11 is 5.61. The van der Waals surface area contributed by atoms with E-state index >= 15 is 0 Å². The third kappa shape index (κ3) is 11.9. The molecule has 49 heavy (non-hydrogen) atoms. The predicted octanol–water partition coefficient (Wildman–Crippen LogP) is 0.693. The Bertz CT molecular complexity index is 1530. The minimum absolute atomic E-state index is 0.0220. The van der Waals surface area contributed by atoms with Crippen LogP contribution in [0.15, 0.2) is 42.5 Å². The highest BCUT2D eigenvalue weighted by atomic mass is 35.5. The third-order valence-electron chi connectivity index (χ3n) is 8.43. The van der Waals surface area contributed by atoms with Gasteiger partial charge in [-0.2, -0.15) is 0 Å². The van der Waals surface area contributed by atoms with Crippen molar-refractivity contribution in [1.82, 2.24) is 26.6 Å². The average Bonchev–Trinajstić information content (AvgIpc) is 3.07. The molecule has 1 aliphatic carbocycles. The summed E-state index contributed by atoms with van der Waals surface area (Å²) in [5.74, 6) is -5.24. The molecule has 2 aromatic carbocycles. The molecule has 1 saturated carbocycles. The number of primary amides is 2. The first kappa shape index (κ1) is 38.5. The fourth-order valence-electron chi connectivity index (χ4n) is 5.84. The van der Waals surface area contributed by atoms with Crippen LogP contribution in [0.2, 0.25) is 0 Å². The van der Waals surface area contributed by atoms with Crippen molar-refractivity contribution in [3.05, 3.63) is 48.0 Å². The number of urea groups is 1. The Balaban J connectivity index is 1.89. The van der Waals surface area contributed by atoms with E-state index < -0.39 is 77.5 Å². The zero-order valence-electron chi connectivity index (χ0n) is 27.1. The number of amides is 7. The number of benzene rings is 2. The molecule has 7 amide bonds. The Hall–Kier alpha value is -4.92. The van der Waals surface area contributed by atoms with Gasteiger partial charge in [-0.25, -0.2) is 4.79 Å². The van der Waals surface area contributed by atoms with Gasteiger partial charge in [0.1, 0.15) is 29.5 Å². The molecular formula is C33H44ClN7O8. The van der Waals surface area contributed by atoms with Gasteiger partial charge in [0.05, 0.1) is 0 Å². The molecule has 3 atom stereocenters. The molecule has 2 aromatic rings. The summed E-state index contributed by atoms with van der Waals surface area (Å²) in [6.07, 6.45) is 2.11. The van der Waals surface area contributed by atoms with E-state index in [1.807, 2.05) is 42.5 Å². The Labute approximate surface area is 288 Å². The molecule has 15 nitrogen and oxygen atoms in total. The van der Waals surface area contributed by atoms with E-state index in [2.05, 4.69) is 26.6 Å². The Morgan fingerprint density at radius 3 is 2.14 bits per heavy atom. The summed E-state index contributed by atoms with van der Waals surface area (Å²) in [4.78, 5) is 88.1. The van der Waals surface area contributed by atoms with Crippen LogP contribution in [-0.2, 0) is 35.2 Å². The summed E-state index contributed by atoms with van der Waals surface area (Å²) in [5, 5.41) is 24.1. The highest BCUT2D eigenvalue weighted by Gasteiger charge is 2.43. The van der Waals surface area contributed by atoms with E-state index in [-0.39, 0.29) is 45.1 Å².